The molecule has 0 radical (unpaired) electrons. The predicted octanol–water partition coefficient (Wildman–Crippen LogP) is 1.82. The number of pyridine rings is 1. The summed E-state index contributed by atoms with van der Waals surface area (Å²) in [6.45, 7) is 0.710. The standard InChI is InChI=1S/C14H17N3O/c15-14(6-3-7-14)9-16-12-8-10-4-1-2-5-11(10)13(18)17-12/h1-2,4-5,8H,3,6-7,9,15H2,(H2,16,17,18). The van der Waals surface area contributed by atoms with Crippen molar-refractivity contribution < 1.29 is 0 Å². The van der Waals surface area contributed by atoms with Crippen LogP contribution in [-0.2, 0) is 0 Å². The second-order valence-corrected chi connectivity index (χ2v) is 5.17. The molecular formula is C14H17N3O. The Labute approximate surface area is 105 Å². The molecule has 1 aliphatic rings. The van der Waals surface area contributed by atoms with Crippen LogP contribution in [0.15, 0.2) is 35.1 Å². The van der Waals surface area contributed by atoms with Gasteiger partial charge in [0, 0.05) is 17.5 Å². The van der Waals surface area contributed by atoms with Crippen LogP contribution in [0.4, 0.5) is 5.82 Å². The molecule has 18 heavy (non-hydrogen) atoms. The Morgan fingerprint density at radius 3 is 2.83 bits per heavy atom. The topological polar surface area (TPSA) is 70.9 Å². The Bertz CT molecular complexity index is 628. The lowest BCUT2D eigenvalue weighted by Crippen LogP contribution is -2.52. The zero-order valence-electron chi connectivity index (χ0n) is 10.2. The first-order chi connectivity index (χ1) is 8.66. The summed E-state index contributed by atoms with van der Waals surface area (Å²) in [4.78, 5) is 14.7. The molecule has 2 aromatic rings. The fourth-order valence-corrected chi connectivity index (χ4v) is 2.39. The van der Waals surface area contributed by atoms with E-state index in [0.717, 1.165) is 24.0 Å². The second kappa shape index (κ2) is 4.14. The van der Waals surface area contributed by atoms with E-state index in [2.05, 4.69) is 10.3 Å². The van der Waals surface area contributed by atoms with Gasteiger partial charge in [0.25, 0.3) is 5.56 Å². The van der Waals surface area contributed by atoms with E-state index >= 15 is 0 Å². The van der Waals surface area contributed by atoms with Crippen molar-refractivity contribution in [2.75, 3.05) is 11.9 Å². The minimum Gasteiger partial charge on any atom is -0.370 e. The molecule has 4 nitrogen and oxygen atoms in total. The summed E-state index contributed by atoms with van der Waals surface area (Å²) in [6.07, 6.45) is 3.31. The Morgan fingerprint density at radius 1 is 1.33 bits per heavy atom. The van der Waals surface area contributed by atoms with Gasteiger partial charge in [-0.15, -0.1) is 0 Å². The molecule has 0 saturated heterocycles. The van der Waals surface area contributed by atoms with Crippen molar-refractivity contribution in [1.82, 2.24) is 4.98 Å². The van der Waals surface area contributed by atoms with Crippen molar-refractivity contribution in [3.8, 4) is 0 Å². The Balaban J connectivity index is 1.86. The van der Waals surface area contributed by atoms with Gasteiger partial charge in [0.1, 0.15) is 5.82 Å². The minimum absolute atomic E-state index is 0.0599. The molecule has 4 N–H and O–H groups in total. The number of nitrogens with two attached hydrogens (primary N) is 1. The van der Waals surface area contributed by atoms with E-state index in [1.807, 2.05) is 30.3 Å². The van der Waals surface area contributed by atoms with E-state index in [9.17, 15) is 4.79 Å². The molecule has 1 fully saturated rings. The van der Waals surface area contributed by atoms with Crippen LogP contribution in [0.3, 0.4) is 0 Å². The molecule has 1 aromatic heterocycles. The van der Waals surface area contributed by atoms with Crippen molar-refractivity contribution in [3.05, 3.63) is 40.7 Å². The van der Waals surface area contributed by atoms with Gasteiger partial charge in [-0.2, -0.15) is 0 Å². The van der Waals surface area contributed by atoms with Crippen molar-refractivity contribution in [3.63, 3.8) is 0 Å². The smallest absolute Gasteiger partial charge is 0.257 e. The van der Waals surface area contributed by atoms with E-state index in [4.69, 9.17) is 5.73 Å². The highest BCUT2D eigenvalue weighted by molar-refractivity contribution is 5.83. The van der Waals surface area contributed by atoms with Crippen LogP contribution in [0.1, 0.15) is 19.3 Å². The lowest BCUT2D eigenvalue weighted by Gasteiger charge is -2.38. The van der Waals surface area contributed by atoms with Crippen LogP contribution in [0.2, 0.25) is 0 Å². The summed E-state index contributed by atoms with van der Waals surface area (Å²) in [5.74, 6) is 0.746. The van der Waals surface area contributed by atoms with E-state index in [1.165, 1.54) is 6.42 Å². The fraction of sp³-hybridized carbons (Fsp3) is 0.357. The van der Waals surface area contributed by atoms with Crippen LogP contribution in [0, 0.1) is 0 Å². The van der Waals surface area contributed by atoms with Gasteiger partial charge in [0.2, 0.25) is 0 Å². The molecular weight excluding hydrogens is 226 g/mol. The summed E-state index contributed by atoms with van der Waals surface area (Å²) in [6, 6.07) is 9.53. The summed E-state index contributed by atoms with van der Waals surface area (Å²) in [7, 11) is 0. The van der Waals surface area contributed by atoms with E-state index in [1.54, 1.807) is 0 Å². The quantitative estimate of drug-likeness (QED) is 0.770. The lowest BCUT2D eigenvalue weighted by atomic mass is 9.78. The molecule has 0 amide bonds. The zero-order valence-corrected chi connectivity index (χ0v) is 10.2. The van der Waals surface area contributed by atoms with Crippen LogP contribution in [0.25, 0.3) is 10.8 Å². The molecule has 94 valence electrons. The van der Waals surface area contributed by atoms with Crippen LogP contribution in [0.5, 0.6) is 0 Å². The zero-order chi connectivity index (χ0) is 12.6. The maximum Gasteiger partial charge on any atom is 0.257 e. The van der Waals surface area contributed by atoms with Crippen LogP contribution >= 0.6 is 0 Å². The highest BCUT2D eigenvalue weighted by Gasteiger charge is 2.32. The molecule has 1 aliphatic carbocycles. The molecule has 0 bridgehead atoms. The number of rotatable bonds is 3. The number of aromatic amines is 1. The third-order valence-corrected chi connectivity index (χ3v) is 3.73. The molecule has 1 saturated carbocycles. The van der Waals surface area contributed by atoms with Crippen molar-refractivity contribution in [2.24, 2.45) is 5.73 Å². The number of nitrogens with one attached hydrogen (secondary N) is 2. The fourth-order valence-electron chi connectivity index (χ4n) is 2.39. The summed E-state index contributed by atoms with van der Waals surface area (Å²) in [5.41, 5.74) is 5.99. The number of benzene rings is 1. The molecule has 0 spiro atoms. The number of hydrogen-bond acceptors (Lipinski definition) is 3. The number of aromatic nitrogens is 1. The van der Waals surface area contributed by atoms with Gasteiger partial charge in [-0.1, -0.05) is 18.2 Å². The van der Waals surface area contributed by atoms with Gasteiger partial charge in [-0.3, -0.25) is 4.79 Å². The summed E-state index contributed by atoms with van der Waals surface area (Å²) < 4.78 is 0. The maximum absolute atomic E-state index is 11.9. The van der Waals surface area contributed by atoms with Gasteiger partial charge in [0.05, 0.1) is 0 Å². The number of fused-ring (bicyclic) bond motifs is 1. The number of H-pyrrole nitrogens is 1. The van der Waals surface area contributed by atoms with Crippen molar-refractivity contribution >= 4 is 16.6 Å². The van der Waals surface area contributed by atoms with Crippen LogP contribution < -0.4 is 16.6 Å². The molecule has 0 atom stereocenters. The van der Waals surface area contributed by atoms with Crippen molar-refractivity contribution in [1.29, 1.82) is 0 Å². The van der Waals surface area contributed by atoms with E-state index < -0.39 is 0 Å². The largest absolute Gasteiger partial charge is 0.370 e. The third kappa shape index (κ3) is 1.99. The Kier molecular flexibility index (Phi) is 2.59. The van der Waals surface area contributed by atoms with Gasteiger partial charge >= 0.3 is 0 Å². The molecule has 4 heteroatoms. The van der Waals surface area contributed by atoms with Gasteiger partial charge < -0.3 is 16.0 Å². The van der Waals surface area contributed by atoms with Gasteiger partial charge in [-0.25, -0.2) is 0 Å². The van der Waals surface area contributed by atoms with E-state index in [-0.39, 0.29) is 11.1 Å². The third-order valence-electron chi connectivity index (χ3n) is 3.73. The van der Waals surface area contributed by atoms with Gasteiger partial charge in [0.15, 0.2) is 0 Å². The monoisotopic (exact) mass is 243 g/mol. The Morgan fingerprint density at radius 2 is 2.11 bits per heavy atom. The second-order valence-electron chi connectivity index (χ2n) is 5.17. The highest BCUT2D eigenvalue weighted by Crippen LogP contribution is 2.29. The highest BCUT2D eigenvalue weighted by atomic mass is 16.1. The van der Waals surface area contributed by atoms with Crippen molar-refractivity contribution in [2.45, 2.75) is 24.8 Å². The SMILES string of the molecule is NC1(CNc2cc3ccccc3c(=O)[nH]2)CCC1. The van der Waals surface area contributed by atoms with Crippen LogP contribution in [-0.4, -0.2) is 17.1 Å². The first-order valence-electron chi connectivity index (χ1n) is 6.31. The lowest BCUT2D eigenvalue weighted by molar-refractivity contribution is 0.265. The number of anilines is 1. The maximum atomic E-state index is 11.9. The summed E-state index contributed by atoms with van der Waals surface area (Å²) in [5, 5.41) is 4.90. The first kappa shape index (κ1) is 11.3. The summed E-state index contributed by atoms with van der Waals surface area (Å²) >= 11 is 0. The molecule has 0 aliphatic heterocycles. The minimum atomic E-state index is -0.0947. The molecule has 1 aromatic carbocycles. The normalized spacial score (nSPS) is 17.4. The average Bonchev–Trinajstić information content (AvgIpc) is 2.34. The predicted molar refractivity (Wildman–Crippen MR) is 73.8 cm³/mol. The first-order valence-corrected chi connectivity index (χ1v) is 6.31. The van der Waals surface area contributed by atoms with Gasteiger partial charge in [-0.05, 0) is 36.8 Å². The Hall–Kier alpha value is -1.81. The average molecular weight is 243 g/mol. The molecule has 1 heterocycles. The van der Waals surface area contributed by atoms with E-state index in [0.29, 0.717) is 11.9 Å². The number of hydrogen-bond donors (Lipinski definition) is 3. The molecule has 3 rings (SSSR count). The molecule has 0 unspecified atom stereocenters.